The molecule has 1 aliphatic carbocycles. The molecule has 0 heterocycles. The zero-order chi connectivity index (χ0) is 17.6. The molecule has 0 unspecified atom stereocenters. The summed E-state index contributed by atoms with van der Waals surface area (Å²) in [5.74, 6) is -0.489. The van der Waals surface area contributed by atoms with Crippen LogP contribution in [0.5, 0.6) is 0 Å². The minimum Gasteiger partial charge on any atom is -0.451 e. The Hall–Kier alpha value is -2.58. The number of ketones is 1. The highest BCUT2D eigenvalue weighted by Gasteiger charge is 2.27. The highest BCUT2D eigenvalue weighted by Crippen LogP contribution is 2.33. The van der Waals surface area contributed by atoms with Crippen molar-refractivity contribution in [3.05, 3.63) is 59.7 Å². The molecule has 3 rings (SSSR count). The van der Waals surface area contributed by atoms with Gasteiger partial charge in [0.2, 0.25) is 0 Å². The molecule has 1 atom stereocenters. The van der Waals surface area contributed by atoms with Crippen LogP contribution in [-0.2, 0) is 9.53 Å². The highest BCUT2D eigenvalue weighted by molar-refractivity contribution is 7.99. The molecule has 0 N–H and O–H groups in total. The third kappa shape index (κ3) is 4.09. The van der Waals surface area contributed by atoms with Gasteiger partial charge in [-0.1, -0.05) is 36.0 Å². The molecule has 0 amide bonds. The lowest BCUT2D eigenvalue weighted by Gasteiger charge is -2.21. The maximum Gasteiger partial charge on any atom is 0.339 e. The molecule has 4 nitrogen and oxygen atoms in total. The van der Waals surface area contributed by atoms with E-state index in [-0.39, 0.29) is 5.78 Å². The average molecular weight is 351 g/mol. The topological polar surface area (TPSA) is 67.2 Å². The second-order valence-corrected chi connectivity index (χ2v) is 6.90. The van der Waals surface area contributed by atoms with Gasteiger partial charge in [-0.25, -0.2) is 4.79 Å². The Morgan fingerprint density at radius 3 is 2.56 bits per heavy atom. The Labute approximate surface area is 150 Å². The van der Waals surface area contributed by atoms with Gasteiger partial charge in [0.15, 0.2) is 11.9 Å². The molecule has 5 heteroatoms. The van der Waals surface area contributed by atoms with E-state index in [1.54, 1.807) is 24.3 Å². The fourth-order valence-electron chi connectivity index (χ4n) is 2.76. The van der Waals surface area contributed by atoms with Gasteiger partial charge < -0.3 is 4.74 Å². The number of nitriles is 1. The highest BCUT2D eigenvalue weighted by atomic mass is 32.2. The molecule has 1 fully saturated rings. The minimum absolute atomic E-state index is 0.000407. The molecular weight excluding hydrogens is 334 g/mol. The van der Waals surface area contributed by atoms with Gasteiger partial charge in [-0.2, -0.15) is 5.26 Å². The number of carbonyl (C=O) groups excluding carboxylic acids is 2. The Morgan fingerprint density at radius 1 is 1.08 bits per heavy atom. The number of nitrogens with zero attached hydrogens (tertiary/aromatic N) is 1. The van der Waals surface area contributed by atoms with Crippen LogP contribution in [0, 0.1) is 11.3 Å². The minimum atomic E-state index is -0.634. The van der Waals surface area contributed by atoms with Crippen molar-refractivity contribution in [1.82, 2.24) is 0 Å². The molecule has 2 aromatic rings. The fourth-order valence-corrected chi connectivity index (χ4v) is 3.77. The van der Waals surface area contributed by atoms with Gasteiger partial charge in [0, 0.05) is 16.2 Å². The number of hydrogen-bond acceptors (Lipinski definition) is 5. The summed E-state index contributed by atoms with van der Waals surface area (Å²) >= 11 is 1.35. The van der Waals surface area contributed by atoms with Crippen molar-refractivity contribution in [3.63, 3.8) is 0 Å². The quantitative estimate of drug-likeness (QED) is 0.765. The van der Waals surface area contributed by atoms with Crippen molar-refractivity contribution in [2.75, 3.05) is 0 Å². The Balaban J connectivity index is 1.82. The number of Topliss-reactive ketones (excluding diaryl/α,β-unsaturated/α-hetero) is 1. The van der Waals surface area contributed by atoms with E-state index in [1.807, 2.05) is 24.3 Å². The Kier molecular flexibility index (Phi) is 5.52. The number of rotatable bonds is 4. The normalized spacial score (nSPS) is 16.9. The lowest BCUT2D eigenvalue weighted by Crippen LogP contribution is -2.30. The van der Waals surface area contributed by atoms with E-state index < -0.39 is 12.1 Å². The van der Waals surface area contributed by atoms with Crippen molar-refractivity contribution in [1.29, 1.82) is 5.26 Å². The van der Waals surface area contributed by atoms with Crippen LogP contribution in [0.15, 0.2) is 58.3 Å². The monoisotopic (exact) mass is 351 g/mol. The molecule has 1 aliphatic rings. The van der Waals surface area contributed by atoms with E-state index in [1.165, 1.54) is 11.8 Å². The summed E-state index contributed by atoms with van der Waals surface area (Å²) in [6.07, 6.45) is 2.20. The number of benzene rings is 2. The number of esters is 1. The van der Waals surface area contributed by atoms with Gasteiger partial charge >= 0.3 is 5.97 Å². The Morgan fingerprint density at radius 2 is 1.80 bits per heavy atom. The van der Waals surface area contributed by atoms with Crippen LogP contribution in [0.2, 0.25) is 0 Å². The third-order valence-electron chi connectivity index (χ3n) is 4.08. The van der Waals surface area contributed by atoms with Gasteiger partial charge in [-0.05, 0) is 43.5 Å². The SMILES string of the molecule is N#Cc1ccccc1Sc1ccccc1C(=O)O[C@@H]1CCCCC1=O. The first-order valence-corrected chi connectivity index (χ1v) is 9.00. The van der Waals surface area contributed by atoms with Crippen LogP contribution in [0.3, 0.4) is 0 Å². The number of hydrogen-bond donors (Lipinski definition) is 0. The summed E-state index contributed by atoms with van der Waals surface area (Å²) in [5, 5.41) is 9.23. The van der Waals surface area contributed by atoms with Crippen LogP contribution in [0.1, 0.15) is 41.6 Å². The molecule has 25 heavy (non-hydrogen) atoms. The molecule has 0 aliphatic heterocycles. The summed E-state index contributed by atoms with van der Waals surface area (Å²) in [6, 6.07) is 16.5. The average Bonchev–Trinajstić information content (AvgIpc) is 2.64. The van der Waals surface area contributed by atoms with Crippen molar-refractivity contribution in [2.45, 2.75) is 41.6 Å². The first-order valence-electron chi connectivity index (χ1n) is 8.19. The fraction of sp³-hybridized carbons (Fsp3) is 0.250. The predicted octanol–water partition coefficient (Wildman–Crippen LogP) is 4.38. The van der Waals surface area contributed by atoms with Gasteiger partial charge in [-0.15, -0.1) is 0 Å². The molecule has 0 saturated heterocycles. The summed E-state index contributed by atoms with van der Waals surface area (Å²) < 4.78 is 5.46. The molecule has 0 bridgehead atoms. The zero-order valence-corrected chi connectivity index (χ0v) is 14.4. The van der Waals surface area contributed by atoms with Crippen LogP contribution >= 0.6 is 11.8 Å². The number of carbonyl (C=O) groups is 2. The largest absolute Gasteiger partial charge is 0.451 e. The lowest BCUT2D eigenvalue weighted by atomic mass is 9.96. The van der Waals surface area contributed by atoms with Crippen molar-refractivity contribution >= 4 is 23.5 Å². The van der Waals surface area contributed by atoms with Crippen LogP contribution in [0.4, 0.5) is 0 Å². The van der Waals surface area contributed by atoms with Crippen molar-refractivity contribution in [2.24, 2.45) is 0 Å². The predicted molar refractivity (Wildman–Crippen MR) is 94.4 cm³/mol. The van der Waals surface area contributed by atoms with E-state index in [0.29, 0.717) is 28.9 Å². The summed E-state index contributed by atoms with van der Waals surface area (Å²) in [4.78, 5) is 26.0. The molecule has 0 radical (unpaired) electrons. The van der Waals surface area contributed by atoms with Gasteiger partial charge in [0.1, 0.15) is 6.07 Å². The van der Waals surface area contributed by atoms with Gasteiger partial charge in [0.05, 0.1) is 11.1 Å². The molecule has 0 spiro atoms. The van der Waals surface area contributed by atoms with Crippen molar-refractivity contribution < 1.29 is 14.3 Å². The third-order valence-corrected chi connectivity index (χ3v) is 5.23. The maximum atomic E-state index is 12.6. The number of ether oxygens (including phenoxy) is 1. The second-order valence-electron chi connectivity index (χ2n) is 5.81. The van der Waals surface area contributed by atoms with Crippen LogP contribution < -0.4 is 0 Å². The lowest BCUT2D eigenvalue weighted by molar-refractivity contribution is -0.129. The smallest absolute Gasteiger partial charge is 0.339 e. The van der Waals surface area contributed by atoms with Crippen LogP contribution in [0.25, 0.3) is 0 Å². The van der Waals surface area contributed by atoms with Crippen molar-refractivity contribution in [3.8, 4) is 6.07 Å². The van der Waals surface area contributed by atoms with E-state index in [9.17, 15) is 14.9 Å². The summed E-state index contributed by atoms with van der Waals surface area (Å²) in [5.41, 5.74) is 0.969. The van der Waals surface area contributed by atoms with E-state index >= 15 is 0 Å². The molecule has 126 valence electrons. The molecule has 0 aromatic heterocycles. The van der Waals surface area contributed by atoms with Gasteiger partial charge in [0.25, 0.3) is 0 Å². The van der Waals surface area contributed by atoms with E-state index in [2.05, 4.69) is 6.07 Å². The molecular formula is C20H17NO3S. The Bertz CT molecular complexity index is 841. The molecule has 1 saturated carbocycles. The van der Waals surface area contributed by atoms with E-state index in [0.717, 1.165) is 17.7 Å². The summed E-state index contributed by atoms with van der Waals surface area (Å²) in [7, 11) is 0. The summed E-state index contributed by atoms with van der Waals surface area (Å²) in [6.45, 7) is 0. The van der Waals surface area contributed by atoms with E-state index in [4.69, 9.17) is 4.74 Å². The first kappa shape index (κ1) is 17.2. The maximum absolute atomic E-state index is 12.6. The van der Waals surface area contributed by atoms with Gasteiger partial charge in [-0.3, -0.25) is 4.79 Å². The zero-order valence-electron chi connectivity index (χ0n) is 13.6. The molecule has 2 aromatic carbocycles. The first-order chi connectivity index (χ1) is 12.2. The standard InChI is InChI=1S/C20H17NO3S/c21-13-14-7-1-5-11-18(14)25-19-12-6-2-8-15(19)20(23)24-17-10-4-3-9-16(17)22/h1-2,5-8,11-12,17H,3-4,9-10H2/t17-/m1/s1. The second kappa shape index (κ2) is 8.00. The van der Waals surface area contributed by atoms with Crippen LogP contribution in [-0.4, -0.2) is 17.9 Å².